The molecule has 2 spiro atoms. The fourth-order valence-corrected chi connectivity index (χ4v) is 9.93. The van der Waals surface area contributed by atoms with Crippen LogP contribution in [-0.4, -0.2) is 70.4 Å². The molecule has 10 nitrogen and oxygen atoms in total. The minimum absolute atomic E-state index is 0.00385. The summed E-state index contributed by atoms with van der Waals surface area (Å²) < 4.78 is 12.9. The van der Waals surface area contributed by atoms with E-state index in [4.69, 9.17) is 30.1 Å². The third-order valence-corrected chi connectivity index (χ3v) is 12.0. The maximum Gasteiger partial charge on any atom is 0.219 e. The van der Waals surface area contributed by atoms with Gasteiger partial charge in [0.15, 0.2) is 0 Å². The lowest BCUT2D eigenvalue weighted by atomic mass is 9.62. The second kappa shape index (κ2) is 10.4. The predicted octanol–water partition coefficient (Wildman–Crippen LogP) is 4.80. The summed E-state index contributed by atoms with van der Waals surface area (Å²) in [5.41, 5.74) is 9.93. The van der Waals surface area contributed by atoms with E-state index < -0.39 is 0 Å². The van der Waals surface area contributed by atoms with E-state index >= 15 is 0 Å². The van der Waals surface area contributed by atoms with Gasteiger partial charge in [-0.2, -0.15) is 10.2 Å². The molecule has 232 valence electrons. The molecule has 1 saturated carbocycles. The number of nitrogens with zero attached hydrogens (tertiary/aromatic N) is 6. The fourth-order valence-electron chi connectivity index (χ4n) is 8.77. The Bertz CT molecular complexity index is 1630. The summed E-state index contributed by atoms with van der Waals surface area (Å²) in [6.45, 7) is 7.29. The molecular weight excluding hydrogens is 572 g/mol. The highest BCUT2D eigenvalue weighted by molar-refractivity contribution is 7.16. The number of ether oxygens (including phenoxy) is 1. The molecule has 8 rings (SSSR count). The molecule has 0 unspecified atom stereocenters. The SMILES string of the molecule is C[C@H](Oc1cc(N2C[C@H](C)NC3(CC3)C2)nc(-c2onc3c2CCC[C@@]32CCCc3sc(N)c(C#N)c32)n1)[C@@H]1CCCN1C. The van der Waals surface area contributed by atoms with E-state index in [-0.39, 0.29) is 17.1 Å². The smallest absolute Gasteiger partial charge is 0.219 e. The van der Waals surface area contributed by atoms with Crippen molar-refractivity contribution < 1.29 is 9.26 Å². The summed E-state index contributed by atoms with van der Waals surface area (Å²) in [6, 6.07) is 5.17. The van der Waals surface area contributed by atoms with Crippen molar-refractivity contribution in [3.8, 4) is 23.5 Å². The van der Waals surface area contributed by atoms with Gasteiger partial charge in [-0.15, -0.1) is 11.3 Å². The second-order valence-corrected chi connectivity index (χ2v) is 15.1. The molecule has 0 bridgehead atoms. The van der Waals surface area contributed by atoms with Gasteiger partial charge in [0.2, 0.25) is 17.5 Å². The minimum Gasteiger partial charge on any atom is -0.473 e. The van der Waals surface area contributed by atoms with E-state index in [1.54, 1.807) is 11.3 Å². The van der Waals surface area contributed by atoms with Crippen molar-refractivity contribution >= 4 is 22.2 Å². The number of thiophene rings is 1. The molecule has 11 heteroatoms. The topological polar surface area (TPSA) is 129 Å². The Hall–Kier alpha value is -3.20. The lowest BCUT2D eigenvalue weighted by Crippen LogP contribution is -2.57. The van der Waals surface area contributed by atoms with Crippen LogP contribution in [0, 0.1) is 11.3 Å². The summed E-state index contributed by atoms with van der Waals surface area (Å²) in [7, 11) is 2.18. The van der Waals surface area contributed by atoms with Crippen LogP contribution in [0.4, 0.5) is 10.8 Å². The summed E-state index contributed by atoms with van der Waals surface area (Å²) in [5.74, 6) is 2.63. The molecule has 3 aromatic rings. The number of hydrogen-bond acceptors (Lipinski definition) is 11. The van der Waals surface area contributed by atoms with Crippen molar-refractivity contribution in [3.63, 3.8) is 0 Å². The quantitative estimate of drug-likeness (QED) is 0.414. The van der Waals surface area contributed by atoms with E-state index in [9.17, 15) is 5.26 Å². The van der Waals surface area contributed by atoms with Crippen LogP contribution in [0.2, 0.25) is 0 Å². The Kier molecular flexibility index (Phi) is 6.70. The van der Waals surface area contributed by atoms with Gasteiger partial charge >= 0.3 is 0 Å². The number of likely N-dealkylation sites (tertiary alicyclic amines) is 1. The molecule has 0 radical (unpaired) electrons. The molecule has 3 N–H and O–H groups in total. The van der Waals surface area contributed by atoms with Crippen molar-refractivity contribution in [1.29, 1.82) is 5.26 Å². The summed E-state index contributed by atoms with van der Waals surface area (Å²) in [6.07, 6.45) is 10.4. The summed E-state index contributed by atoms with van der Waals surface area (Å²) >= 11 is 1.57. The summed E-state index contributed by atoms with van der Waals surface area (Å²) in [5, 5.41) is 19.3. The average molecular weight is 615 g/mol. The number of aromatic nitrogens is 3. The Morgan fingerprint density at radius 2 is 2.02 bits per heavy atom. The van der Waals surface area contributed by atoms with Crippen LogP contribution in [0.25, 0.3) is 11.6 Å². The predicted molar refractivity (Wildman–Crippen MR) is 170 cm³/mol. The molecule has 2 aliphatic heterocycles. The normalized spacial score (nSPS) is 28.1. The third kappa shape index (κ3) is 4.52. The molecule has 2 saturated heterocycles. The van der Waals surface area contributed by atoms with Crippen LogP contribution in [0.1, 0.15) is 92.5 Å². The first-order valence-corrected chi connectivity index (χ1v) is 17.2. The Balaban J connectivity index is 1.21. The highest BCUT2D eigenvalue weighted by Crippen LogP contribution is 2.55. The van der Waals surface area contributed by atoms with Crippen molar-refractivity contribution in [3.05, 3.63) is 33.3 Å². The molecule has 5 heterocycles. The maximum absolute atomic E-state index is 10.1. The van der Waals surface area contributed by atoms with Crippen LogP contribution in [-0.2, 0) is 18.3 Å². The number of nitrogen functional groups attached to an aromatic ring is 1. The monoisotopic (exact) mass is 614 g/mol. The van der Waals surface area contributed by atoms with Crippen LogP contribution >= 0.6 is 11.3 Å². The van der Waals surface area contributed by atoms with Crippen molar-refractivity contribution in [2.24, 2.45) is 0 Å². The van der Waals surface area contributed by atoms with Gasteiger partial charge in [0.25, 0.3) is 0 Å². The number of piperazine rings is 1. The number of aryl methyl sites for hydroxylation is 1. The Morgan fingerprint density at radius 1 is 1.20 bits per heavy atom. The minimum atomic E-state index is -0.354. The van der Waals surface area contributed by atoms with E-state index in [0.29, 0.717) is 40.1 Å². The van der Waals surface area contributed by atoms with Crippen molar-refractivity contribution in [2.45, 2.75) is 107 Å². The molecule has 5 aliphatic rings. The van der Waals surface area contributed by atoms with Crippen molar-refractivity contribution in [1.82, 2.24) is 25.3 Å². The van der Waals surface area contributed by atoms with Crippen LogP contribution in [0.15, 0.2) is 10.6 Å². The van der Waals surface area contributed by atoms with Gasteiger partial charge in [-0.1, -0.05) is 5.16 Å². The van der Waals surface area contributed by atoms with E-state index in [1.807, 2.05) is 6.07 Å². The number of likely N-dealkylation sites (N-methyl/N-ethyl adjacent to an activating group) is 1. The van der Waals surface area contributed by atoms with Crippen molar-refractivity contribution in [2.75, 3.05) is 37.3 Å². The van der Waals surface area contributed by atoms with Gasteiger partial charge in [-0.25, -0.2) is 4.98 Å². The third-order valence-electron chi connectivity index (χ3n) is 10.9. The van der Waals surface area contributed by atoms with E-state index in [1.165, 1.54) is 24.1 Å². The van der Waals surface area contributed by atoms with Gasteiger partial charge in [0, 0.05) is 52.6 Å². The zero-order valence-corrected chi connectivity index (χ0v) is 26.8. The fraction of sp³-hybridized carbons (Fsp3) is 0.636. The molecule has 3 aromatic heterocycles. The number of anilines is 2. The lowest BCUT2D eigenvalue weighted by Gasteiger charge is -2.39. The van der Waals surface area contributed by atoms with Gasteiger partial charge < -0.3 is 25.2 Å². The van der Waals surface area contributed by atoms with Gasteiger partial charge in [0.05, 0.1) is 11.3 Å². The molecule has 0 amide bonds. The largest absolute Gasteiger partial charge is 0.473 e. The van der Waals surface area contributed by atoms with Crippen LogP contribution in [0.3, 0.4) is 0 Å². The number of nitriles is 1. The molecule has 3 fully saturated rings. The Labute approximate surface area is 263 Å². The molecule has 44 heavy (non-hydrogen) atoms. The number of hydrogen-bond donors (Lipinski definition) is 2. The standard InChI is InChI=1S/C33H42N8O2S/c1-19-17-41(18-32(38-19)12-13-32)25-15-26(42-20(2)23-8-6-14-40(23)3)37-31(36-25)28-21-7-4-10-33(29(21)39-43-28)11-5-9-24-27(33)22(16-34)30(35)44-24/h15,19-20,23,38H,4-14,17-18,35H2,1-3H3/t19-,20-,23-,33-/m0/s1. The van der Waals surface area contributed by atoms with Gasteiger partial charge in [-0.3, -0.25) is 4.90 Å². The van der Waals surface area contributed by atoms with Crippen LogP contribution < -0.4 is 20.7 Å². The molecule has 4 atom stereocenters. The molecule has 0 aromatic carbocycles. The lowest BCUT2D eigenvalue weighted by molar-refractivity contribution is 0.117. The second-order valence-electron chi connectivity index (χ2n) is 14.0. The Morgan fingerprint density at radius 3 is 2.77 bits per heavy atom. The number of nitrogens with one attached hydrogen (secondary N) is 1. The van der Waals surface area contributed by atoms with E-state index in [2.05, 4.69) is 42.1 Å². The number of rotatable bonds is 5. The average Bonchev–Trinajstić information content (AvgIpc) is 3.32. The molecule has 3 aliphatic carbocycles. The highest BCUT2D eigenvalue weighted by atomic mass is 32.1. The highest BCUT2D eigenvalue weighted by Gasteiger charge is 2.49. The zero-order chi connectivity index (χ0) is 30.2. The summed E-state index contributed by atoms with van der Waals surface area (Å²) in [4.78, 5) is 16.2. The van der Waals surface area contributed by atoms with Crippen LogP contribution in [0.5, 0.6) is 5.88 Å². The van der Waals surface area contributed by atoms with Gasteiger partial charge in [-0.05, 0) is 97.2 Å². The zero-order valence-electron chi connectivity index (χ0n) is 26.0. The van der Waals surface area contributed by atoms with E-state index in [0.717, 1.165) is 87.2 Å². The van der Waals surface area contributed by atoms with Gasteiger partial charge in [0.1, 0.15) is 23.0 Å². The first-order valence-electron chi connectivity index (χ1n) is 16.4. The maximum atomic E-state index is 10.1. The molecular formula is C33H42N8O2S. The number of fused-ring (bicyclic) bond motifs is 4. The first kappa shape index (κ1) is 28.3. The first-order chi connectivity index (χ1) is 21.3. The number of nitrogens with two attached hydrogens (primary N) is 1.